The molecule has 116 valence electrons. The van der Waals surface area contributed by atoms with Crippen LogP contribution < -0.4 is 5.32 Å². The SMILES string of the molecule is CCOC(=O)CCCNC(=O)c1nc(C(C)C)ncc1Cl. The molecule has 0 bridgehead atoms. The third-order valence-corrected chi connectivity index (χ3v) is 2.92. The number of esters is 1. The van der Waals surface area contributed by atoms with Gasteiger partial charge in [-0.1, -0.05) is 25.4 Å². The molecule has 0 aliphatic carbocycles. The number of nitrogens with one attached hydrogen (secondary N) is 1. The summed E-state index contributed by atoms with van der Waals surface area (Å²) in [6.07, 6.45) is 2.20. The Bertz CT molecular complexity index is 506. The summed E-state index contributed by atoms with van der Waals surface area (Å²) in [5.74, 6) is 0.0378. The molecule has 1 aromatic rings. The Morgan fingerprint density at radius 2 is 2.14 bits per heavy atom. The van der Waals surface area contributed by atoms with E-state index in [9.17, 15) is 9.59 Å². The average molecular weight is 314 g/mol. The number of ether oxygens (including phenoxy) is 1. The molecule has 0 atom stereocenters. The molecule has 0 unspecified atom stereocenters. The van der Waals surface area contributed by atoms with E-state index in [0.29, 0.717) is 25.4 Å². The number of hydrogen-bond acceptors (Lipinski definition) is 5. The van der Waals surface area contributed by atoms with Crippen molar-refractivity contribution in [1.82, 2.24) is 15.3 Å². The lowest BCUT2D eigenvalue weighted by Crippen LogP contribution is -2.27. The first kappa shape index (κ1) is 17.4. The molecule has 0 aliphatic heterocycles. The summed E-state index contributed by atoms with van der Waals surface area (Å²) in [4.78, 5) is 31.4. The predicted octanol–water partition coefficient (Wildman–Crippen LogP) is 2.33. The molecule has 0 saturated carbocycles. The summed E-state index contributed by atoms with van der Waals surface area (Å²) in [6, 6.07) is 0. The normalized spacial score (nSPS) is 10.5. The van der Waals surface area contributed by atoms with E-state index in [1.165, 1.54) is 6.20 Å². The summed E-state index contributed by atoms with van der Waals surface area (Å²) in [5.41, 5.74) is 0.159. The molecule has 0 aromatic carbocycles. The summed E-state index contributed by atoms with van der Waals surface area (Å²) >= 11 is 5.94. The lowest BCUT2D eigenvalue weighted by atomic mass is 10.2. The van der Waals surface area contributed by atoms with E-state index in [0.717, 1.165) is 0 Å². The smallest absolute Gasteiger partial charge is 0.305 e. The molecule has 1 N–H and O–H groups in total. The summed E-state index contributed by atoms with van der Waals surface area (Å²) in [6.45, 7) is 6.34. The van der Waals surface area contributed by atoms with Crippen LogP contribution in [0.2, 0.25) is 5.02 Å². The maximum atomic E-state index is 12.0. The van der Waals surface area contributed by atoms with Crippen LogP contribution in [0, 0.1) is 0 Å². The first-order valence-corrected chi connectivity index (χ1v) is 7.29. The number of halogens is 1. The van der Waals surface area contributed by atoms with Gasteiger partial charge in [0.25, 0.3) is 5.91 Å². The number of aromatic nitrogens is 2. The van der Waals surface area contributed by atoms with Gasteiger partial charge < -0.3 is 10.1 Å². The Hall–Kier alpha value is -1.69. The second kappa shape index (κ2) is 8.56. The first-order chi connectivity index (χ1) is 9.95. The minimum atomic E-state index is -0.367. The minimum Gasteiger partial charge on any atom is -0.466 e. The van der Waals surface area contributed by atoms with Gasteiger partial charge in [0.2, 0.25) is 0 Å². The Kier molecular flexibility index (Phi) is 7.08. The Morgan fingerprint density at radius 3 is 2.76 bits per heavy atom. The third kappa shape index (κ3) is 5.67. The fourth-order valence-electron chi connectivity index (χ4n) is 1.57. The Balaban J connectivity index is 2.52. The molecular weight excluding hydrogens is 294 g/mol. The van der Waals surface area contributed by atoms with Gasteiger partial charge in [-0.2, -0.15) is 0 Å². The highest BCUT2D eigenvalue weighted by Gasteiger charge is 2.15. The van der Waals surface area contributed by atoms with Gasteiger partial charge in [0.1, 0.15) is 11.5 Å². The average Bonchev–Trinajstić information content (AvgIpc) is 2.44. The zero-order valence-electron chi connectivity index (χ0n) is 12.5. The monoisotopic (exact) mass is 313 g/mol. The molecule has 0 saturated heterocycles. The summed E-state index contributed by atoms with van der Waals surface area (Å²) < 4.78 is 4.80. The van der Waals surface area contributed by atoms with Crippen molar-refractivity contribution >= 4 is 23.5 Å². The van der Waals surface area contributed by atoms with E-state index < -0.39 is 0 Å². The molecule has 0 aliphatic rings. The Labute approximate surface area is 129 Å². The van der Waals surface area contributed by atoms with Crippen LogP contribution in [0.5, 0.6) is 0 Å². The highest BCUT2D eigenvalue weighted by molar-refractivity contribution is 6.33. The Morgan fingerprint density at radius 1 is 1.43 bits per heavy atom. The standard InChI is InChI=1S/C14H20ClN3O3/c1-4-21-11(19)6-5-7-16-14(20)12-10(15)8-17-13(18-12)9(2)3/h8-9H,4-7H2,1-3H3,(H,16,20). The molecular formula is C14H20ClN3O3. The van der Waals surface area contributed by atoms with E-state index >= 15 is 0 Å². The van der Waals surface area contributed by atoms with E-state index in [1.807, 2.05) is 13.8 Å². The number of nitrogens with zero attached hydrogens (tertiary/aromatic N) is 2. The van der Waals surface area contributed by atoms with Crippen molar-refractivity contribution in [2.24, 2.45) is 0 Å². The molecule has 21 heavy (non-hydrogen) atoms. The van der Waals surface area contributed by atoms with Crippen molar-refractivity contribution in [1.29, 1.82) is 0 Å². The van der Waals surface area contributed by atoms with Gasteiger partial charge >= 0.3 is 5.97 Å². The van der Waals surface area contributed by atoms with Crippen LogP contribution in [-0.2, 0) is 9.53 Å². The molecule has 1 rings (SSSR count). The lowest BCUT2D eigenvalue weighted by Gasteiger charge is -2.09. The predicted molar refractivity (Wildman–Crippen MR) is 79.3 cm³/mol. The fraction of sp³-hybridized carbons (Fsp3) is 0.571. The van der Waals surface area contributed by atoms with Crippen molar-refractivity contribution in [3.63, 3.8) is 0 Å². The van der Waals surface area contributed by atoms with Gasteiger partial charge in [0.15, 0.2) is 0 Å². The van der Waals surface area contributed by atoms with E-state index in [4.69, 9.17) is 16.3 Å². The quantitative estimate of drug-likeness (QED) is 0.617. The maximum absolute atomic E-state index is 12.0. The van der Waals surface area contributed by atoms with Crippen molar-refractivity contribution in [3.8, 4) is 0 Å². The van der Waals surface area contributed by atoms with Gasteiger partial charge in [-0.05, 0) is 13.3 Å². The highest BCUT2D eigenvalue weighted by atomic mass is 35.5. The highest BCUT2D eigenvalue weighted by Crippen LogP contribution is 2.16. The topological polar surface area (TPSA) is 81.2 Å². The second-order valence-electron chi connectivity index (χ2n) is 4.74. The zero-order chi connectivity index (χ0) is 15.8. The van der Waals surface area contributed by atoms with Gasteiger partial charge in [0, 0.05) is 18.9 Å². The molecule has 6 nitrogen and oxygen atoms in total. The van der Waals surface area contributed by atoms with E-state index in [1.54, 1.807) is 6.92 Å². The van der Waals surface area contributed by atoms with E-state index in [-0.39, 0.29) is 34.9 Å². The van der Waals surface area contributed by atoms with Gasteiger partial charge in [-0.25, -0.2) is 9.97 Å². The molecule has 1 amide bonds. The molecule has 1 aromatic heterocycles. The van der Waals surface area contributed by atoms with Gasteiger partial charge in [-0.15, -0.1) is 0 Å². The van der Waals surface area contributed by atoms with Crippen LogP contribution in [0.25, 0.3) is 0 Å². The van der Waals surface area contributed by atoms with Crippen LogP contribution >= 0.6 is 11.6 Å². The zero-order valence-corrected chi connectivity index (χ0v) is 13.2. The van der Waals surface area contributed by atoms with Crippen molar-refractivity contribution < 1.29 is 14.3 Å². The number of rotatable bonds is 7. The largest absolute Gasteiger partial charge is 0.466 e. The summed E-state index contributed by atoms with van der Waals surface area (Å²) in [7, 11) is 0. The van der Waals surface area contributed by atoms with Crippen LogP contribution in [0.4, 0.5) is 0 Å². The third-order valence-electron chi connectivity index (χ3n) is 2.64. The van der Waals surface area contributed by atoms with Crippen molar-refractivity contribution in [2.45, 2.75) is 39.5 Å². The van der Waals surface area contributed by atoms with Crippen LogP contribution in [0.3, 0.4) is 0 Å². The maximum Gasteiger partial charge on any atom is 0.305 e. The summed E-state index contributed by atoms with van der Waals surface area (Å²) in [5, 5.41) is 2.89. The van der Waals surface area contributed by atoms with Crippen molar-refractivity contribution in [3.05, 3.63) is 22.7 Å². The van der Waals surface area contributed by atoms with Gasteiger partial charge in [0.05, 0.1) is 17.8 Å². The molecule has 0 spiro atoms. The second-order valence-corrected chi connectivity index (χ2v) is 5.15. The molecule has 7 heteroatoms. The van der Waals surface area contributed by atoms with Crippen molar-refractivity contribution in [2.75, 3.05) is 13.2 Å². The number of amides is 1. The van der Waals surface area contributed by atoms with Crippen LogP contribution in [-0.4, -0.2) is 35.0 Å². The van der Waals surface area contributed by atoms with Crippen LogP contribution in [0.15, 0.2) is 6.20 Å². The van der Waals surface area contributed by atoms with E-state index in [2.05, 4.69) is 15.3 Å². The molecule has 1 heterocycles. The minimum absolute atomic E-state index is 0.109. The molecule has 0 radical (unpaired) electrons. The first-order valence-electron chi connectivity index (χ1n) is 6.92. The lowest BCUT2D eigenvalue weighted by molar-refractivity contribution is -0.143. The van der Waals surface area contributed by atoms with Crippen LogP contribution in [0.1, 0.15) is 55.8 Å². The number of hydrogen-bond donors (Lipinski definition) is 1. The fourth-order valence-corrected chi connectivity index (χ4v) is 1.75. The number of carbonyl (C=O) groups excluding carboxylic acids is 2. The van der Waals surface area contributed by atoms with Gasteiger partial charge in [-0.3, -0.25) is 9.59 Å². The number of carbonyl (C=O) groups is 2. The molecule has 0 fully saturated rings.